The Morgan fingerprint density at radius 3 is 2.47 bits per heavy atom. The van der Waals surface area contributed by atoms with E-state index in [-0.39, 0.29) is 34.8 Å². The van der Waals surface area contributed by atoms with Gasteiger partial charge in [0.15, 0.2) is 0 Å². The molecule has 2 amide bonds. The summed E-state index contributed by atoms with van der Waals surface area (Å²) in [5.41, 5.74) is -0.462. The minimum atomic E-state index is -1.15. The number of thiophene rings is 1. The molecule has 2 fully saturated rings. The van der Waals surface area contributed by atoms with Gasteiger partial charge in [-0.3, -0.25) is 9.59 Å². The molecule has 0 unspecified atom stereocenters. The van der Waals surface area contributed by atoms with Crippen molar-refractivity contribution in [2.45, 2.75) is 52.1 Å². The first kappa shape index (κ1) is 26.2. The highest BCUT2D eigenvalue weighted by Gasteiger charge is 2.34. The van der Waals surface area contributed by atoms with E-state index in [0.717, 1.165) is 37.0 Å². The van der Waals surface area contributed by atoms with Gasteiger partial charge in [0, 0.05) is 26.1 Å². The second-order valence-corrected chi connectivity index (χ2v) is 10.5. The molecule has 8 nitrogen and oxygen atoms in total. The Morgan fingerprint density at radius 1 is 1.24 bits per heavy atom. The average molecular weight is 491 g/mol. The van der Waals surface area contributed by atoms with E-state index in [9.17, 15) is 19.5 Å². The molecule has 1 aliphatic heterocycles. The van der Waals surface area contributed by atoms with E-state index in [1.54, 1.807) is 18.1 Å². The highest BCUT2D eigenvalue weighted by molar-refractivity contribution is 7.15. The molecule has 1 saturated carbocycles. The van der Waals surface area contributed by atoms with E-state index >= 15 is 0 Å². The number of carbonyl (C=O) groups excluding carboxylic acids is 2. The molecule has 1 saturated heterocycles. The second-order valence-electron chi connectivity index (χ2n) is 9.47. The van der Waals surface area contributed by atoms with Crippen LogP contribution in [0.5, 0.6) is 0 Å². The van der Waals surface area contributed by atoms with Crippen LogP contribution >= 0.6 is 11.3 Å². The third-order valence-electron chi connectivity index (χ3n) is 6.48. The van der Waals surface area contributed by atoms with Crippen molar-refractivity contribution in [1.29, 1.82) is 0 Å². The van der Waals surface area contributed by atoms with Crippen molar-refractivity contribution in [3.8, 4) is 11.8 Å². The van der Waals surface area contributed by atoms with Crippen molar-refractivity contribution in [3.63, 3.8) is 0 Å². The highest BCUT2D eigenvalue weighted by atomic mass is 32.1. The summed E-state index contributed by atoms with van der Waals surface area (Å²) in [6.07, 6.45) is 3.37. The molecule has 186 valence electrons. The van der Waals surface area contributed by atoms with Gasteiger partial charge in [0.1, 0.15) is 17.0 Å². The maximum Gasteiger partial charge on any atom is 0.348 e. The van der Waals surface area contributed by atoms with Gasteiger partial charge in [0.25, 0.3) is 0 Å². The summed E-state index contributed by atoms with van der Waals surface area (Å²) in [6.45, 7) is 7.43. The lowest BCUT2D eigenvalue weighted by Crippen LogP contribution is -2.48. The van der Waals surface area contributed by atoms with Crippen molar-refractivity contribution in [2.75, 3.05) is 44.9 Å². The Morgan fingerprint density at radius 2 is 1.88 bits per heavy atom. The number of carboxylic acids is 1. The standard InChI is InChI=1S/C25H34N2O6S/c1-17-5-7-18(8-6-17)23(29)27(16-21(28)26-11-13-33-14-12-26)20-15-19(34-22(20)24(30)31)9-10-25(2,3)32-4/h15,17-18H,5-8,11-14,16H2,1-4H3,(H,30,31). The van der Waals surface area contributed by atoms with Crippen molar-refractivity contribution in [3.05, 3.63) is 15.8 Å². The van der Waals surface area contributed by atoms with Gasteiger partial charge in [-0.25, -0.2) is 4.79 Å². The van der Waals surface area contributed by atoms with E-state index in [1.165, 1.54) is 4.90 Å². The zero-order valence-electron chi connectivity index (χ0n) is 20.4. The summed E-state index contributed by atoms with van der Waals surface area (Å²) in [5, 5.41) is 9.90. The SMILES string of the molecule is COC(C)(C)C#Cc1cc(N(CC(=O)N2CCOCC2)C(=O)C2CCC(C)CC2)c(C(=O)O)s1. The number of rotatable bonds is 6. The Bertz CT molecular complexity index is 962. The number of nitrogens with zero attached hydrogens (tertiary/aromatic N) is 2. The molecule has 3 rings (SSSR count). The maximum absolute atomic E-state index is 13.7. The van der Waals surface area contributed by atoms with E-state index < -0.39 is 11.6 Å². The number of ether oxygens (including phenoxy) is 2. The molecule has 0 bridgehead atoms. The molecule has 2 aliphatic rings. The van der Waals surface area contributed by atoms with Crippen molar-refractivity contribution in [2.24, 2.45) is 11.8 Å². The summed E-state index contributed by atoms with van der Waals surface area (Å²) in [5.74, 6) is 4.76. The molecule has 1 aliphatic carbocycles. The lowest BCUT2D eigenvalue weighted by Gasteiger charge is -2.33. The highest BCUT2D eigenvalue weighted by Crippen LogP contribution is 2.35. The van der Waals surface area contributed by atoms with Crippen LogP contribution in [0, 0.1) is 23.7 Å². The number of methoxy groups -OCH3 is 1. The summed E-state index contributed by atoms with van der Waals surface area (Å²) >= 11 is 1.01. The predicted molar refractivity (Wildman–Crippen MR) is 130 cm³/mol. The number of morpholine rings is 1. The van der Waals surface area contributed by atoms with E-state index in [2.05, 4.69) is 18.8 Å². The first-order chi connectivity index (χ1) is 16.1. The number of amides is 2. The summed E-state index contributed by atoms with van der Waals surface area (Å²) in [4.78, 5) is 42.4. The molecule has 0 spiro atoms. The Hall–Kier alpha value is -2.41. The number of carboxylic acid groups (broad SMARTS) is 1. The summed E-state index contributed by atoms with van der Waals surface area (Å²) in [6, 6.07) is 1.61. The Balaban J connectivity index is 1.96. The molecule has 1 aromatic heterocycles. The van der Waals surface area contributed by atoms with Crippen LogP contribution in [0.4, 0.5) is 5.69 Å². The predicted octanol–water partition coefficient (Wildman–Crippen LogP) is 3.24. The fourth-order valence-electron chi connectivity index (χ4n) is 4.12. The van der Waals surface area contributed by atoms with Crippen LogP contribution in [-0.4, -0.2) is 73.3 Å². The number of aromatic carboxylic acids is 1. The molecular formula is C25H34N2O6S. The van der Waals surface area contributed by atoms with Gasteiger partial charge in [-0.1, -0.05) is 18.8 Å². The maximum atomic E-state index is 13.7. The monoisotopic (exact) mass is 490 g/mol. The van der Waals surface area contributed by atoms with Crippen LogP contribution in [0.2, 0.25) is 0 Å². The average Bonchev–Trinajstić information content (AvgIpc) is 3.26. The van der Waals surface area contributed by atoms with Crippen LogP contribution in [0.1, 0.15) is 61.0 Å². The van der Waals surface area contributed by atoms with E-state index in [0.29, 0.717) is 37.1 Å². The zero-order valence-corrected chi connectivity index (χ0v) is 21.2. The molecule has 0 atom stereocenters. The largest absolute Gasteiger partial charge is 0.477 e. The van der Waals surface area contributed by atoms with Gasteiger partial charge in [0.2, 0.25) is 11.8 Å². The first-order valence-electron chi connectivity index (χ1n) is 11.7. The summed E-state index contributed by atoms with van der Waals surface area (Å²) in [7, 11) is 1.56. The van der Waals surface area contributed by atoms with Gasteiger partial charge < -0.3 is 24.4 Å². The first-order valence-corrected chi connectivity index (χ1v) is 12.5. The lowest BCUT2D eigenvalue weighted by molar-refractivity contribution is -0.135. The lowest BCUT2D eigenvalue weighted by atomic mass is 9.82. The van der Waals surface area contributed by atoms with E-state index in [1.807, 2.05) is 13.8 Å². The molecule has 1 aromatic rings. The van der Waals surface area contributed by atoms with Crippen LogP contribution in [0.15, 0.2) is 6.07 Å². The van der Waals surface area contributed by atoms with Crippen molar-refractivity contribution >= 4 is 34.8 Å². The van der Waals surface area contributed by atoms with Gasteiger partial charge in [-0.05, 0) is 51.5 Å². The Labute approximate surface area is 205 Å². The molecule has 9 heteroatoms. The van der Waals surface area contributed by atoms with Gasteiger partial charge in [-0.15, -0.1) is 11.3 Å². The normalized spacial score (nSPS) is 20.9. The minimum Gasteiger partial charge on any atom is -0.477 e. The van der Waals surface area contributed by atoms with Gasteiger partial charge in [0.05, 0.1) is 23.8 Å². The van der Waals surface area contributed by atoms with Gasteiger partial charge in [-0.2, -0.15) is 0 Å². The minimum absolute atomic E-state index is 0.00632. The quantitative estimate of drug-likeness (QED) is 0.615. The number of anilines is 1. The fourth-order valence-corrected chi connectivity index (χ4v) is 4.97. The smallest absolute Gasteiger partial charge is 0.348 e. The van der Waals surface area contributed by atoms with Crippen LogP contribution in [0.3, 0.4) is 0 Å². The molecule has 0 radical (unpaired) electrons. The topological polar surface area (TPSA) is 96.4 Å². The number of carbonyl (C=O) groups is 3. The second kappa shape index (κ2) is 11.3. The van der Waals surface area contributed by atoms with Crippen LogP contribution in [-0.2, 0) is 19.1 Å². The molecule has 0 aromatic carbocycles. The summed E-state index contributed by atoms with van der Waals surface area (Å²) < 4.78 is 10.7. The third kappa shape index (κ3) is 6.59. The molecule has 34 heavy (non-hydrogen) atoms. The fraction of sp³-hybridized carbons (Fsp3) is 0.640. The number of hydrogen-bond acceptors (Lipinski definition) is 6. The Kier molecular flexibility index (Phi) is 8.74. The van der Waals surface area contributed by atoms with Crippen molar-refractivity contribution in [1.82, 2.24) is 4.90 Å². The molecular weight excluding hydrogens is 456 g/mol. The zero-order chi connectivity index (χ0) is 24.9. The molecule has 1 N–H and O–H groups in total. The van der Waals surface area contributed by atoms with Crippen LogP contribution in [0.25, 0.3) is 0 Å². The van der Waals surface area contributed by atoms with Crippen LogP contribution < -0.4 is 4.90 Å². The van der Waals surface area contributed by atoms with Gasteiger partial charge >= 0.3 is 5.97 Å². The van der Waals surface area contributed by atoms with Crippen molar-refractivity contribution < 1.29 is 29.0 Å². The number of hydrogen-bond donors (Lipinski definition) is 1. The molecule has 2 heterocycles. The van der Waals surface area contributed by atoms with E-state index in [4.69, 9.17) is 9.47 Å². The third-order valence-corrected chi connectivity index (χ3v) is 7.51.